The molecular weight excluding hydrogens is 304 g/mol. The topological polar surface area (TPSA) is 60.2 Å². The molecule has 0 amide bonds. The van der Waals surface area contributed by atoms with Gasteiger partial charge >= 0.3 is 5.97 Å². The summed E-state index contributed by atoms with van der Waals surface area (Å²) in [5, 5.41) is 0. The molecule has 0 aliphatic heterocycles. The Morgan fingerprint density at radius 3 is 2.62 bits per heavy atom. The summed E-state index contributed by atoms with van der Waals surface area (Å²) >= 11 is 0. The first-order chi connectivity index (χ1) is 11.6. The first-order valence-electron chi connectivity index (χ1n) is 7.95. The molecule has 6 heteroatoms. The summed E-state index contributed by atoms with van der Waals surface area (Å²) in [6.07, 6.45) is 3.56. The lowest BCUT2D eigenvalue weighted by Gasteiger charge is -2.22. The predicted molar refractivity (Wildman–Crippen MR) is 93.6 cm³/mol. The Labute approximate surface area is 140 Å². The molecule has 0 saturated carbocycles. The predicted octanol–water partition coefficient (Wildman–Crippen LogP) is 3.30. The van der Waals surface area contributed by atoms with Crippen LogP contribution in [0.2, 0.25) is 0 Å². The molecule has 0 fully saturated rings. The van der Waals surface area contributed by atoms with Crippen molar-refractivity contribution in [3.8, 4) is 0 Å². The van der Waals surface area contributed by atoms with Crippen molar-refractivity contribution in [1.82, 2.24) is 14.5 Å². The fourth-order valence-electron chi connectivity index (χ4n) is 2.64. The second-order valence-electron chi connectivity index (χ2n) is 5.40. The van der Waals surface area contributed by atoms with Crippen LogP contribution in [-0.2, 0) is 11.8 Å². The summed E-state index contributed by atoms with van der Waals surface area (Å²) in [6.45, 7) is 4.99. The standard InChI is InChI=1S/C18H20N4O2/c1-4-22(14-8-6-13(7-9-14)18(23)24-5-2)17-10-16-15(11-19-17)20-12-21(16)3/h6-12H,4-5H2,1-3H3. The summed E-state index contributed by atoms with van der Waals surface area (Å²) in [5.74, 6) is 0.541. The minimum absolute atomic E-state index is 0.304. The Kier molecular flexibility index (Phi) is 4.46. The van der Waals surface area contributed by atoms with Crippen LogP contribution in [0.3, 0.4) is 0 Å². The van der Waals surface area contributed by atoms with Gasteiger partial charge in [-0.3, -0.25) is 0 Å². The maximum Gasteiger partial charge on any atom is 0.338 e. The number of imidazole rings is 1. The van der Waals surface area contributed by atoms with Crippen molar-refractivity contribution in [3.63, 3.8) is 0 Å². The maximum absolute atomic E-state index is 11.8. The van der Waals surface area contributed by atoms with Crippen LogP contribution >= 0.6 is 0 Å². The van der Waals surface area contributed by atoms with Gasteiger partial charge < -0.3 is 14.2 Å². The molecule has 0 spiro atoms. The Morgan fingerprint density at radius 2 is 1.96 bits per heavy atom. The van der Waals surface area contributed by atoms with E-state index < -0.39 is 0 Å². The highest BCUT2D eigenvalue weighted by atomic mass is 16.5. The first kappa shape index (κ1) is 16.0. The number of hydrogen-bond donors (Lipinski definition) is 0. The van der Waals surface area contributed by atoms with E-state index in [9.17, 15) is 4.79 Å². The summed E-state index contributed by atoms with van der Waals surface area (Å²) in [5.41, 5.74) is 3.42. The molecule has 3 aromatic rings. The lowest BCUT2D eigenvalue weighted by Crippen LogP contribution is -2.17. The highest BCUT2D eigenvalue weighted by molar-refractivity contribution is 5.90. The molecule has 0 bridgehead atoms. The third kappa shape index (κ3) is 2.95. The van der Waals surface area contributed by atoms with E-state index >= 15 is 0 Å². The summed E-state index contributed by atoms with van der Waals surface area (Å²) in [4.78, 5) is 22.7. The van der Waals surface area contributed by atoms with Crippen molar-refractivity contribution in [2.45, 2.75) is 13.8 Å². The smallest absolute Gasteiger partial charge is 0.338 e. The second kappa shape index (κ2) is 6.70. The molecule has 0 N–H and O–H groups in total. The molecule has 6 nitrogen and oxygen atoms in total. The molecular formula is C18H20N4O2. The molecule has 124 valence electrons. The van der Waals surface area contributed by atoms with Gasteiger partial charge in [-0.1, -0.05) is 0 Å². The molecule has 0 aliphatic rings. The Bertz CT molecular complexity index is 855. The third-order valence-corrected chi connectivity index (χ3v) is 3.88. The number of nitrogens with zero attached hydrogens (tertiary/aromatic N) is 4. The van der Waals surface area contributed by atoms with Gasteiger partial charge in [0.25, 0.3) is 0 Å². The molecule has 0 radical (unpaired) electrons. The van der Waals surface area contributed by atoms with Crippen LogP contribution in [0.4, 0.5) is 11.5 Å². The molecule has 0 unspecified atom stereocenters. The Balaban J connectivity index is 1.92. The van der Waals surface area contributed by atoms with Gasteiger partial charge in [0, 0.05) is 25.3 Å². The Morgan fingerprint density at radius 1 is 1.21 bits per heavy atom. The van der Waals surface area contributed by atoms with Gasteiger partial charge in [-0.05, 0) is 38.1 Å². The van der Waals surface area contributed by atoms with E-state index in [1.54, 1.807) is 31.6 Å². The fraction of sp³-hybridized carbons (Fsp3) is 0.278. The summed E-state index contributed by atoms with van der Waals surface area (Å²) in [6, 6.07) is 9.39. The molecule has 2 heterocycles. The third-order valence-electron chi connectivity index (χ3n) is 3.88. The monoisotopic (exact) mass is 324 g/mol. The zero-order valence-electron chi connectivity index (χ0n) is 14.1. The van der Waals surface area contributed by atoms with Crippen LogP contribution in [0.1, 0.15) is 24.2 Å². The van der Waals surface area contributed by atoms with Crippen molar-refractivity contribution >= 4 is 28.5 Å². The van der Waals surface area contributed by atoms with Crippen molar-refractivity contribution < 1.29 is 9.53 Å². The molecule has 0 atom stereocenters. The Hall–Kier alpha value is -2.89. The highest BCUT2D eigenvalue weighted by Crippen LogP contribution is 2.26. The van der Waals surface area contributed by atoms with E-state index in [0.717, 1.165) is 29.1 Å². The number of rotatable bonds is 5. The number of hydrogen-bond acceptors (Lipinski definition) is 5. The number of benzene rings is 1. The first-order valence-corrected chi connectivity index (χ1v) is 7.95. The van der Waals surface area contributed by atoms with Crippen molar-refractivity contribution in [3.05, 3.63) is 48.4 Å². The quantitative estimate of drug-likeness (QED) is 0.674. The van der Waals surface area contributed by atoms with Gasteiger partial charge in [-0.2, -0.15) is 0 Å². The van der Waals surface area contributed by atoms with Crippen molar-refractivity contribution in [1.29, 1.82) is 0 Å². The lowest BCUT2D eigenvalue weighted by molar-refractivity contribution is 0.0526. The van der Waals surface area contributed by atoms with Crippen LogP contribution in [0, 0.1) is 0 Å². The lowest BCUT2D eigenvalue weighted by atomic mass is 10.2. The maximum atomic E-state index is 11.8. The number of aryl methyl sites for hydroxylation is 1. The van der Waals surface area contributed by atoms with Crippen LogP contribution in [-0.4, -0.2) is 33.7 Å². The number of carbonyl (C=O) groups excluding carboxylic acids is 1. The zero-order valence-corrected chi connectivity index (χ0v) is 14.1. The number of pyridine rings is 1. The largest absolute Gasteiger partial charge is 0.462 e. The van der Waals surface area contributed by atoms with Crippen LogP contribution in [0.5, 0.6) is 0 Å². The van der Waals surface area contributed by atoms with E-state index in [1.165, 1.54) is 0 Å². The van der Waals surface area contributed by atoms with Crippen molar-refractivity contribution in [2.75, 3.05) is 18.1 Å². The van der Waals surface area contributed by atoms with Gasteiger partial charge in [-0.15, -0.1) is 0 Å². The molecule has 1 aromatic carbocycles. The molecule has 0 saturated heterocycles. The summed E-state index contributed by atoms with van der Waals surface area (Å²) in [7, 11) is 1.96. The van der Waals surface area contributed by atoms with Gasteiger partial charge in [0.2, 0.25) is 0 Å². The number of carbonyl (C=O) groups is 1. The van der Waals surface area contributed by atoms with Crippen LogP contribution in [0.25, 0.3) is 11.0 Å². The summed E-state index contributed by atoms with van der Waals surface area (Å²) < 4.78 is 6.99. The van der Waals surface area contributed by atoms with E-state index in [1.807, 2.05) is 29.8 Å². The normalized spacial score (nSPS) is 10.8. The molecule has 24 heavy (non-hydrogen) atoms. The van der Waals surface area contributed by atoms with Gasteiger partial charge in [0.05, 0.1) is 30.2 Å². The molecule has 3 rings (SSSR count). The average molecular weight is 324 g/mol. The van der Waals surface area contributed by atoms with E-state index in [-0.39, 0.29) is 5.97 Å². The molecule has 0 aliphatic carbocycles. The van der Waals surface area contributed by atoms with E-state index in [4.69, 9.17) is 4.74 Å². The van der Waals surface area contributed by atoms with Crippen LogP contribution in [0.15, 0.2) is 42.9 Å². The zero-order chi connectivity index (χ0) is 17.1. The van der Waals surface area contributed by atoms with Crippen LogP contribution < -0.4 is 4.90 Å². The number of ether oxygens (including phenoxy) is 1. The number of aromatic nitrogens is 3. The van der Waals surface area contributed by atoms with Gasteiger partial charge in [0.1, 0.15) is 11.3 Å². The van der Waals surface area contributed by atoms with Gasteiger partial charge in [0.15, 0.2) is 0 Å². The average Bonchev–Trinajstić information content (AvgIpc) is 2.97. The minimum Gasteiger partial charge on any atom is -0.462 e. The number of esters is 1. The minimum atomic E-state index is -0.304. The highest BCUT2D eigenvalue weighted by Gasteiger charge is 2.12. The van der Waals surface area contributed by atoms with E-state index in [0.29, 0.717) is 12.2 Å². The second-order valence-corrected chi connectivity index (χ2v) is 5.40. The fourth-order valence-corrected chi connectivity index (χ4v) is 2.64. The van der Waals surface area contributed by atoms with Gasteiger partial charge in [-0.25, -0.2) is 14.8 Å². The SMILES string of the molecule is CCOC(=O)c1ccc(N(CC)c2cc3c(cn2)ncn3C)cc1. The molecule has 2 aromatic heterocycles. The van der Waals surface area contributed by atoms with E-state index in [2.05, 4.69) is 21.8 Å². The number of fused-ring (bicyclic) bond motifs is 1. The number of anilines is 2. The van der Waals surface area contributed by atoms with Crippen molar-refractivity contribution in [2.24, 2.45) is 7.05 Å².